The van der Waals surface area contributed by atoms with Crippen molar-refractivity contribution in [3.05, 3.63) is 172 Å². The average Bonchev–Trinajstić information content (AvgIpc) is 3.62. The van der Waals surface area contributed by atoms with Gasteiger partial charge in [-0.1, -0.05) is 215 Å². The molecule has 2 nitrogen and oxygen atoms in total. The zero-order valence-corrected chi connectivity index (χ0v) is 44.5. The molecule has 5 rings (SSSR count). The van der Waals surface area contributed by atoms with Gasteiger partial charge in [-0.05, 0) is 117 Å². The summed E-state index contributed by atoms with van der Waals surface area (Å²) < 4.78 is 1.65. The van der Waals surface area contributed by atoms with Crippen molar-refractivity contribution in [3.63, 3.8) is 0 Å². The van der Waals surface area contributed by atoms with Crippen molar-refractivity contribution in [1.82, 2.24) is 0 Å². The first-order valence-corrected chi connectivity index (χ1v) is 26.8. The molecule has 1 aliphatic heterocycles. The minimum atomic E-state index is 0. The number of hydrogen-bond donors (Lipinski definition) is 0. The summed E-state index contributed by atoms with van der Waals surface area (Å²) in [6, 6.07) is 35.1. The van der Waals surface area contributed by atoms with E-state index in [1.807, 2.05) is 36.4 Å². The molecule has 66 heavy (non-hydrogen) atoms. The standard InChI is InChI=1S/C47H74N2.2C8H9.Pd/c1-7-13-18-20-22-24-29-40-33-41(30-25-23-21-19-14-8-2)37-43(36-40)47-45(31-17-11-5)44(26-12-6)46(49(47)48)42-34-38(27-15-9-3)32-39(35-42)28-16-10-4;2*1-2-8-6-4-3-5-7-8;/h32-37H,7-31H2,1-6H3;2*3-7H,1-2H2;/q;2*-1;+2. The molecule has 0 saturated carbocycles. The van der Waals surface area contributed by atoms with Gasteiger partial charge >= 0.3 is 20.4 Å². The van der Waals surface area contributed by atoms with Crippen LogP contribution in [-0.4, -0.2) is 4.70 Å². The van der Waals surface area contributed by atoms with Crippen molar-refractivity contribution in [2.45, 2.75) is 215 Å². The van der Waals surface area contributed by atoms with E-state index in [0.29, 0.717) is 0 Å². The van der Waals surface area contributed by atoms with Crippen LogP contribution in [0.1, 0.15) is 221 Å². The smallest absolute Gasteiger partial charge is 0.493 e. The van der Waals surface area contributed by atoms with Crippen LogP contribution in [0.4, 0.5) is 0 Å². The number of unbranched alkanes of at least 4 members (excludes halogenated alkanes) is 13. The monoisotopic (exact) mass is 983 g/mol. The maximum absolute atomic E-state index is 12.4. The van der Waals surface area contributed by atoms with Crippen LogP contribution in [-0.2, 0) is 58.9 Å². The van der Waals surface area contributed by atoms with Crippen molar-refractivity contribution >= 4 is 11.4 Å². The molecular weight excluding hydrogens is 891 g/mol. The first-order valence-electron chi connectivity index (χ1n) is 26.8. The number of rotatable bonds is 29. The van der Waals surface area contributed by atoms with E-state index in [9.17, 15) is 5.53 Å². The van der Waals surface area contributed by atoms with Gasteiger partial charge in [0.05, 0.1) is 0 Å². The van der Waals surface area contributed by atoms with E-state index in [-0.39, 0.29) is 20.4 Å². The summed E-state index contributed by atoms with van der Waals surface area (Å²) in [4.78, 5) is 0. The van der Waals surface area contributed by atoms with Crippen molar-refractivity contribution in [1.29, 1.82) is 0 Å². The largest absolute Gasteiger partial charge is 2.00 e. The second-order valence-corrected chi connectivity index (χ2v) is 18.6. The second-order valence-electron chi connectivity index (χ2n) is 18.6. The fourth-order valence-electron chi connectivity index (χ4n) is 9.03. The summed E-state index contributed by atoms with van der Waals surface area (Å²) in [6.45, 7) is 21.3. The Morgan fingerprint density at radius 3 is 1.00 bits per heavy atom. The van der Waals surface area contributed by atoms with E-state index in [0.717, 1.165) is 82.0 Å². The van der Waals surface area contributed by atoms with Gasteiger partial charge in [0.25, 0.3) is 0 Å². The fraction of sp³-hybridized carbons (Fsp3) is 0.524. The fourth-order valence-corrected chi connectivity index (χ4v) is 9.03. The molecule has 4 aromatic rings. The Morgan fingerprint density at radius 1 is 0.348 bits per heavy atom. The number of nitrogens with zero attached hydrogens (tertiary/aromatic N) is 2. The van der Waals surface area contributed by atoms with Crippen molar-refractivity contribution in [3.8, 4) is 0 Å². The van der Waals surface area contributed by atoms with E-state index < -0.39 is 0 Å². The molecule has 3 heteroatoms. The van der Waals surface area contributed by atoms with E-state index in [4.69, 9.17) is 0 Å². The predicted octanol–water partition coefficient (Wildman–Crippen LogP) is 19.5. The Morgan fingerprint density at radius 2 is 0.667 bits per heavy atom. The second kappa shape index (κ2) is 36.6. The number of hydrogen-bond acceptors (Lipinski definition) is 0. The zero-order valence-electron chi connectivity index (χ0n) is 43.0. The van der Waals surface area contributed by atoms with Gasteiger partial charge in [-0.3, -0.25) is 0 Å². The van der Waals surface area contributed by atoms with E-state index in [2.05, 4.69) is 116 Å². The molecular formula is C63H92N2Pd. The first kappa shape index (κ1) is 58.7. The van der Waals surface area contributed by atoms with Gasteiger partial charge in [-0.25, -0.2) is 4.70 Å². The molecule has 364 valence electrons. The molecule has 4 aromatic carbocycles. The van der Waals surface area contributed by atoms with Gasteiger partial charge in [-0.15, -0.1) is 0 Å². The summed E-state index contributed by atoms with van der Waals surface area (Å²) in [5, 5.41) is 0. The van der Waals surface area contributed by atoms with Crippen LogP contribution in [0, 0.1) is 13.8 Å². The van der Waals surface area contributed by atoms with Crippen LogP contribution in [0.3, 0.4) is 0 Å². The normalized spacial score (nSPS) is 12.2. The summed E-state index contributed by atoms with van der Waals surface area (Å²) in [5.74, 6) is 0. The first-order chi connectivity index (χ1) is 31.9. The molecule has 0 unspecified atom stereocenters. The van der Waals surface area contributed by atoms with Crippen LogP contribution >= 0.6 is 0 Å². The van der Waals surface area contributed by atoms with Crippen LogP contribution < -0.4 is 0 Å². The molecule has 0 atom stereocenters. The quantitative estimate of drug-likeness (QED) is 0.0224. The third-order valence-electron chi connectivity index (χ3n) is 12.8. The molecule has 0 N–H and O–H groups in total. The predicted molar refractivity (Wildman–Crippen MR) is 287 cm³/mol. The topological polar surface area (TPSA) is 25.3 Å². The third-order valence-corrected chi connectivity index (χ3v) is 12.8. The van der Waals surface area contributed by atoms with E-state index in [1.165, 1.54) is 158 Å². The molecule has 0 bridgehead atoms. The Kier molecular flexibility index (Phi) is 32.6. The van der Waals surface area contributed by atoms with Crippen LogP contribution in [0.15, 0.2) is 108 Å². The van der Waals surface area contributed by atoms with Crippen molar-refractivity contribution in [2.75, 3.05) is 0 Å². The molecule has 0 amide bonds. The molecule has 0 aliphatic carbocycles. The van der Waals surface area contributed by atoms with Crippen molar-refractivity contribution < 1.29 is 25.1 Å². The zero-order chi connectivity index (χ0) is 46.9. The van der Waals surface area contributed by atoms with Gasteiger partial charge in [-0.2, -0.15) is 12.8 Å². The summed E-state index contributed by atoms with van der Waals surface area (Å²) in [5.41, 5.74) is 28.1. The summed E-state index contributed by atoms with van der Waals surface area (Å²) >= 11 is 0. The molecule has 1 heterocycles. The molecule has 0 saturated heterocycles. The number of allylic oxidation sites excluding steroid dienone is 2. The Hall–Kier alpha value is -3.38. The third kappa shape index (κ3) is 21.7. The van der Waals surface area contributed by atoms with Gasteiger partial charge in [0.2, 0.25) is 11.4 Å². The van der Waals surface area contributed by atoms with E-state index in [1.54, 1.807) is 4.70 Å². The SMILES string of the molecule is CCCCCCCCc1cc(CCCCCCCC)cc(C2=C(CCCC)C(CCC)=C(c3cc(CCCC)cc(CCCC)c3)[N+]2=[N-])c1.[CH2-]Cc1ccccc1.[CH2-]Cc1ccccc1.[Pd+2]. The minimum Gasteiger partial charge on any atom is -0.493 e. The minimum absolute atomic E-state index is 0. The maximum atomic E-state index is 12.4. The summed E-state index contributed by atoms with van der Waals surface area (Å²) in [6.07, 6.45) is 32.4. The van der Waals surface area contributed by atoms with Crippen LogP contribution in [0.2, 0.25) is 0 Å². The van der Waals surface area contributed by atoms with Gasteiger partial charge in [0, 0.05) is 22.3 Å². The van der Waals surface area contributed by atoms with Gasteiger partial charge in [0.15, 0.2) is 0 Å². The molecule has 0 aromatic heterocycles. The van der Waals surface area contributed by atoms with E-state index >= 15 is 0 Å². The Bertz CT molecular complexity index is 1840. The van der Waals surface area contributed by atoms with Crippen molar-refractivity contribution in [2.24, 2.45) is 0 Å². The maximum Gasteiger partial charge on any atom is 2.00 e. The molecule has 1 aliphatic rings. The number of aryl methyl sites for hydroxylation is 4. The Labute approximate surface area is 421 Å². The number of benzene rings is 4. The van der Waals surface area contributed by atoms with Gasteiger partial charge in [0.1, 0.15) is 0 Å². The Balaban J connectivity index is 0.000000732. The van der Waals surface area contributed by atoms with Crippen LogP contribution in [0.25, 0.3) is 16.9 Å². The molecule has 0 spiro atoms. The van der Waals surface area contributed by atoms with Gasteiger partial charge < -0.3 is 19.4 Å². The average molecular weight is 984 g/mol. The molecule has 0 fully saturated rings. The summed E-state index contributed by atoms with van der Waals surface area (Å²) in [7, 11) is 0. The van der Waals surface area contributed by atoms with Crippen LogP contribution in [0.5, 0.6) is 0 Å². The molecule has 0 radical (unpaired) electrons.